The molecule has 0 aliphatic rings. The molecule has 0 amide bonds. The predicted molar refractivity (Wildman–Crippen MR) is 61.3 cm³/mol. The Hall–Kier alpha value is -2.24. The van der Waals surface area contributed by atoms with Crippen LogP contribution in [0.1, 0.15) is 23.2 Å². The standard InChI is InChI=1S/C11H12N4O2/c1-7(16)9-6-15(11(17)14(9)3)10-4-5-12-8(2)13-10/h4-6H,1-3H3. The van der Waals surface area contributed by atoms with Crippen LogP contribution in [0.25, 0.3) is 5.82 Å². The number of rotatable bonds is 2. The third-order valence-electron chi connectivity index (χ3n) is 2.47. The highest BCUT2D eigenvalue weighted by atomic mass is 16.2. The maximum Gasteiger partial charge on any atom is 0.334 e. The van der Waals surface area contributed by atoms with Crippen molar-refractivity contribution in [2.45, 2.75) is 13.8 Å². The van der Waals surface area contributed by atoms with Gasteiger partial charge in [-0.3, -0.25) is 13.9 Å². The van der Waals surface area contributed by atoms with E-state index < -0.39 is 0 Å². The van der Waals surface area contributed by atoms with Crippen LogP contribution in [-0.4, -0.2) is 24.9 Å². The molecule has 0 saturated carbocycles. The maximum atomic E-state index is 11.9. The fraction of sp³-hybridized carbons (Fsp3) is 0.273. The van der Waals surface area contributed by atoms with Crippen molar-refractivity contribution in [1.29, 1.82) is 0 Å². The zero-order valence-electron chi connectivity index (χ0n) is 9.84. The number of carbonyl (C=O) groups excluding carboxylic acids is 1. The van der Waals surface area contributed by atoms with E-state index >= 15 is 0 Å². The van der Waals surface area contributed by atoms with Gasteiger partial charge in [0.25, 0.3) is 0 Å². The molecule has 0 N–H and O–H groups in total. The van der Waals surface area contributed by atoms with E-state index in [0.29, 0.717) is 17.3 Å². The van der Waals surface area contributed by atoms with Crippen molar-refractivity contribution in [2.75, 3.05) is 0 Å². The zero-order chi connectivity index (χ0) is 12.6. The number of Topliss-reactive ketones (excluding diaryl/α,β-unsaturated/α-hetero) is 1. The van der Waals surface area contributed by atoms with E-state index in [1.807, 2.05) is 0 Å². The summed E-state index contributed by atoms with van der Waals surface area (Å²) in [5.74, 6) is 0.877. The van der Waals surface area contributed by atoms with Gasteiger partial charge in [0.05, 0.1) is 0 Å². The molecule has 0 aromatic carbocycles. The molecule has 88 valence electrons. The van der Waals surface area contributed by atoms with Crippen molar-refractivity contribution in [1.82, 2.24) is 19.1 Å². The molecule has 0 spiro atoms. The van der Waals surface area contributed by atoms with Gasteiger partial charge in [-0.05, 0) is 13.0 Å². The first-order chi connectivity index (χ1) is 8.00. The Kier molecular flexibility index (Phi) is 2.63. The van der Waals surface area contributed by atoms with Gasteiger partial charge < -0.3 is 0 Å². The van der Waals surface area contributed by atoms with Crippen LogP contribution in [-0.2, 0) is 7.05 Å². The topological polar surface area (TPSA) is 69.8 Å². The summed E-state index contributed by atoms with van der Waals surface area (Å²) in [6.45, 7) is 3.16. The third-order valence-corrected chi connectivity index (χ3v) is 2.47. The van der Waals surface area contributed by atoms with Crippen molar-refractivity contribution in [3.63, 3.8) is 0 Å². The highest BCUT2D eigenvalue weighted by Crippen LogP contribution is 2.04. The Bertz CT molecular complexity index is 639. The van der Waals surface area contributed by atoms with E-state index in [2.05, 4.69) is 9.97 Å². The Balaban J connectivity index is 2.65. The monoisotopic (exact) mass is 232 g/mol. The Morgan fingerprint density at radius 1 is 1.41 bits per heavy atom. The molecular formula is C11H12N4O2. The van der Waals surface area contributed by atoms with Gasteiger partial charge in [-0.2, -0.15) is 0 Å². The van der Waals surface area contributed by atoms with E-state index in [9.17, 15) is 9.59 Å². The first kappa shape index (κ1) is 11.3. The molecule has 2 heterocycles. The molecule has 2 rings (SSSR count). The van der Waals surface area contributed by atoms with Gasteiger partial charge in [0.15, 0.2) is 5.78 Å². The first-order valence-corrected chi connectivity index (χ1v) is 5.10. The summed E-state index contributed by atoms with van der Waals surface area (Å²) in [5, 5.41) is 0. The number of ketones is 1. The van der Waals surface area contributed by atoms with Crippen molar-refractivity contribution in [3.8, 4) is 5.82 Å². The molecule has 0 saturated heterocycles. The molecule has 2 aromatic heterocycles. The van der Waals surface area contributed by atoms with E-state index in [1.54, 1.807) is 26.2 Å². The number of imidazole rings is 1. The molecular weight excluding hydrogens is 220 g/mol. The molecule has 6 heteroatoms. The largest absolute Gasteiger partial charge is 0.334 e. The normalized spacial score (nSPS) is 10.5. The van der Waals surface area contributed by atoms with Crippen LogP contribution >= 0.6 is 0 Å². The highest BCUT2D eigenvalue weighted by Gasteiger charge is 2.13. The summed E-state index contributed by atoms with van der Waals surface area (Å²) in [6, 6.07) is 1.62. The van der Waals surface area contributed by atoms with Crippen LogP contribution in [0.15, 0.2) is 23.3 Å². The van der Waals surface area contributed by atoms with Crippen molar-refractivity contribution in [3.05, 3.63) is 40.5 Å². The molecule has 6 nitrogen and oxygen atoms in total. The van der Waals surface area contributed by atoms with E-state index in [-0.39, 0.29) is 11.5 Å². The molecule has 17 heavy (non-hydrogen) atoms. The number of aryl methyl sites for hydroxylation is 1. The van der Waals surface area contributed by atoms with Crippen LogP contribution < -0.4 is 5.69 Å². The predicted octanol–water partition coefficient (Wildman–Crippen LogP) is 0.477. The van der Waals surface area contributed by atoms with E-state index in [0.717, 1.165) is 0 Å². The van der Waals surface area contributed by atoms with Crippen molar-refractivity contribution < 1.29 is 4.79 Å². The summed E-state index contributed by atoms with van der Waals surface area (Å²) >= 11 is 0. The first-order valence-electron chi connectivity index (χ1n) is 5.10. The average Bonchev–Trinajstić information content (AvgIpc) is 2.56. The van der Waals surface area contributed by atoms with Crippen LogP contribution in [0.5, 0.6) is 0 Å². The van der Waals surface area contributed by atoms with Crippen LogP contribution in [0, 0.1) is 6.92 Å². The summed E-state index contributed by atoms with van der Waals surface area (Å²) in [5.41, 5.74) is 0.0552. The highest BCUT2D eigenvalue weighted by molar-refractivity contribution is 5.92. The van der Waals surface area contributed by atoms with Crippen LogP contribution in [0.3, 0.4) is 0 Å². The minimum absolute atomic E-state index is 0.158. The lowest BCUT2D eigenvalue weighted by Crippen LogP contribution is -2.22. The molecule has 0 unspecified atom stereocenters. The van der Waals surface area contributed by atoms with Crippen LogP contribution in [0.2, 0.25) is 0 Å². The maximum absolute atomic E-state index is 11.9. The van der Waals surface area contributed by atoms with Crippen molar-refractivity contribution >= 4 is 5.78 Å². The molecule has 2 aromatic rings. The second-order valence-corrected chi connectivity index (χ2v) is 3.74. The number of hydrogen-bond donors (Lipinski definition) is 0. The Morgan fingerprint density at radius 2 is 2.12 bits per heavy atom. The third kappa shape index (κ3) is 1.89. The van der Waals surface area contributed by atoms with Crippen molar-refractivity contribution in [2.24, 2.45) is 7.05 Å². The van der Waals surface area contributed by atoms with Gasteiger partial charge in [0.1, 0.15) is 17.3 Å². The quantitative estimate of drug-likeness (QED) is 0.706. The molecule has 0 bridgehead atoms. The lowest BCUT2D eigenvalue weighted by Gasteiger charge is -1.99. The summed E-state index contributed by atoms with van der Waals surface area (Å²) in [6.07, 6.45) is 3.07. The second kappa shape index (κ2) is 3.97. The van der Waals surface area contributed by atoms with Gasteiger partial charge in [0, 0.05) is 26.4 Å². The fourth-order valence-electron chi connectivity index (χ4n) is 1.60. The smallest absolute Gasteiger partial charge is 0.293 e. The minimum atomic E-state index is -0.298. The Labute approximate surface area is 97.6 Å². The molecule has 0 aliphatic carbocycles. The minimum Gasteiger partial charge on any atom is -0.293 e. The lowest BCUT2D eigenvalue weighted by molar-refractivity contribution is 0.101. The fourth-order valence-corrected chi connectivity index (χ4v) is 1.60. The van der Waals surface area contributed by atoms with Gasteiger partial charge in [-0.25, -0.2) is 14.8 Å². The lowest BCUT2D eigenvalue weighted by atomic mass is 10.3. The molecule has 0 fully saturated rings. The zero-order valence-corrected chi connectivity index (χ0v) is 9.84. The Morgan fingerprint density at radius 3 is 2.65 bits per heavy atom. The van der Waals surface area contributed by atoms with E-state index in [4.69, 9.17) is 0 Å². The SMILES string of the molecule is CC(=O)c1cn(-c2ccnc(C)n2)c(=O)n1C. The second-order valence-electron chi connectivity index (χ2n) is 3.74. The van der Waals surface area contributed by atoms with Gasteiger partial charge >= 0.3 is 5.69 Å². The van der Waals surface area contributed by atoms with Gasteiger partial charge in [-0.15, -0.1) is 0 Å². The van der Waals surface area contributed by atoms with Gasteiger partial charge in [0.2, 0.25) is 0 Å². The molecule has 0 atom stereocenters. The average molecular weight is 232 g/mol. The summed E-state index contributed by atoms with van der Waals surface area (Å²) < 4.78 is 2.64. The van der Waals surface area contributed by atoms with E-state index in [1.165, 1.54) is 22.3 Å². The van der Waals surface area contributed by atoms with Crippen LogP contribution in [0.4, 0.5) is 0 Å². The number of hydrogen-bond acceptors (Lipinski definition) is 4. The van der Waals surface area contributed by atoms with Gasteiger partial charge in [-0.1, -0.05) is 0 Å². The molecule has 0 radical (unpaired) electrons. The summed E-state index contributed by atoms with van der Waals surface area (Å²) in [7, 11) is 1.56. The number of aromatic nitrogens is 4. The summed E-state index contributed by atoms with van der Waals surface area (Å²) in [4.78, 5) is 31.3. The number of nitrogens with zero attached hydrogens (tertiary/aromatic N) is 4. The number of carbonyl (C=O) groups is 1. The molecule has 0 aliphatic heterocycles.